The fourth-order valence-corrected chi connectivity index (χ4v) is 2.90. The molecule has 0 fully saturated rings. The third-order valence-electron chi connectivity index (χ3n) is 2.84. The van der Waals surface area contributed by atoms with Crippen molar-refractivity contribution in [2.45, 2.75) is 11.0 Å². The van der Waals surface area contributed by atoms with Gasteiger partial charge in [0.2, 0.25) is 5.89 Å². The zero-order valence-electron chi connectivity index (χ0n) is 11.1. The average molecular weight is 372 g/mol. The Morgan fingerprint density at radius 1 is 0.909 bits per heavy atom. The molecule has 0 aliphatic carbocycles. The van der Waals surface area contributed by atoms with Gasteiger partial charge in [-0.1, -0.05) is 52.6 Å². The molecular weight excluding hydrogens is 363 g/mol. The lowest BCUT2D eigenvalue weighted by Gasteiger charge is -2.00. The van der Waals surface area contributed by atoms with Gasteiger partial charge in [0.05, 0.1) is 10.0 Å². The van der Waals surface area contributed by atoms with Crippen LogP contribution in [0.1, 0.15) is 5.56 Å². The van der Waals surface area contributed by atoms with Crippen molar-refractivity contribution >= 4 is 46.6 Å². The maximum atomic E-state index is 5.99. The lowest BCUT2D eigenvalue weighted by molar-refractivity contribution is 0.466. The molecule has 0 radical (unpaired) electrons. The van der Waals surface area contributed by atoms with E-state index in [4.69, 9.17) is 39.2 Å². The number of nitrogens with zero attached hydrogens (tertiary/aromatic N) is 2. The van der Waals surface area contributed by atoms with Crippen LogP contribution >= 0.6 is 46.6 Å². The average Bonchev–Trinajstić information content (AvgIpc) is 2.98. The quantitative estimate of drug-likeness (QED) is 0.528. The monoisotopic (exact) mass is 370 g/mol. The Labute approximate surface area is 146 Å². The van der Waals surface area contributed by atoms with Crippen LogP contribution in [0.4, 0.5) is 0 Å². The minimum atomic E-state index is 0.466. The van der Waals surface area contributed by atoms with E-state index in [0.717, 1.165) is 11.1 Å². The van der Waals surface area contributed by atoms with Gasteiger partial charge in [0.1, 0.15) is 0 Å². The molecular formula is C15H9Cl3N2OS. The molecule has 7 heteroatoms. The number of aromatic nitrogens is 2. The van der Waals surface area contributed by atoms with Crippen molar-refractivity contribution in [2.75, 3.05) is 0 Å². The Hall–Kier alpha value is -1.20. The van der Waals surface area contributed by atoms with Crippen LogP contribution in [0.2, 0.25) is 15.1 Å². The van der Waals surface area contributed by atoms with E-state index < -0.39 is 0 Å². The first-order valence-electron chi connectivity index (χ1n) is 6.28. The third kappa shape index (κ3) is 3.76. The second-order valence-electron chi connectivity index (χ2n) is 4.42. The highest BCUT2D eigenvalue weighted by Gasteiger charge is 2.09. The first-order chi connectivity index (χ1) is 10.6. The molecule has 1 heterocycles. The van der Waals surface area contributed by atoms with E-state index in [-0.39, 0.29) is 0 Å². The molecule has 0 aliphatic rings. The van der Waals surface area contributed by atoms with E-state index in [1.54, 1.807) is 18.2 Å². The van der Waals surface area contributed by atoms with Crippen molar-refractivity contribution in [3.05, 3.63) is 63.1 Å². The SMILES string of the molecule is Clc1ccc(-c2nnc(SCc3ccc(Cl)c(Cl)c3)o2)cc1. The highest BCUT2D eigenvalue weighted by Crippen LogP contribution is 2.29. The molecule has 0 saturated carbocycles. The first-order valence-corrected chi connectivity index (χ1v) is 8.40. The van der Waals surface area contributed by atoms with Gasteiger partial charge in [-0.3, -0.25) is 0 Å². The Morgan fingerprint density at radius 2 is 1.68 bits per heavy atom. The molecule has 0 spiro atoms. The Balaban J connectivity index is 1.69. The van der Waals surface area contributed by atoms with E-state index in [2.05, 4.69) is 10.2 Å². The number of halogens is 3. The second-order valence-corrected chi connectivity index (χ2v) is 6.59. The predicted molar refractivity (Wildman–Crippen MR) is 90.8 cm³/mol. The van der Waals surface area contributed by atoms with Crippen LogP contribution in [-0.2, 0) is 5.75 Å². The van der Waals surface area contributed by atoms with E-state index in [1.165, 1.54) is 11.8 Å². The van der Waals surface area contributed by atoms with Crippen LogP contribution in [0.5, 0.6) is 0 Å². The summed E-state index contributed by atoms with van der Waals surface area (Å²) in [6, 6.07) is 12.7. The molecule has 0 saturated heterocycles. The lowest BCUT2D eigenvalue weighted by Crippen LogP contribution is -1.81. The van der Waals surface area contributed by atoms with Crippen molar-refractivity contribution in [1.29, 1.82) is 0 Å². The Morgan fingerprint density at radius 3 is 2.41 bits per heavy atom. The topological polar surface area (TPSA) is 38.9 Å². The zero-order valence-corrected chi connectivity index (χ0v) is 14.2. The summed E-state index contributed by atoms with van der Waals surface area (Å²) in [6.45, 7) is 0. The van der Waals surface area contributed by atoms with Gasteiger partial charge in [0.25, 0.3) is 5.22 Å². The van der Waals surface area contributed by atoms with Crippen molar-refractivity contribution < 1.29 is 4.42 Å². The molecule has 1 aromatic heterocycles. The summed E-state index contributed by atoms with van der Waals surface area (Å²) in [5.41, 5.74) is 1.86. The molecule has 0 bridgehead atoms. The highest BCUT2D eigenvalue weighted by atomic mass is 35.5. The van der Waals surface area contributed by atoms with Gasteiger partial charge in [0, 0.05) is 16.3 Å². The van der Waals surface area contributed by atoms with E-state index in [0.29, 0.717) is 31.9 Å². The molecule has 0 amide bonds. The van der Waals surface area contributed by atoms with Crippen LogP contribution in [0.25, 0.3) is 11.5 Å². The first kappa shape index (κ1) is 15.7. The van der Waals surface area contributed by atoms with E-state index >= 15 is 0 Å². The number of hydrogen-bond acceptors (Lipinski definition) is 4. The van der Waals surface area contributed by atoms with Gasteiger partial charge < -0.3 is 4.42 Å². The van der Waals surface area contributed by atoms with E-state index in [1.807, 2.05) is 24.3 Å². The maximum absolute atomic E-state index is 5.99. The number of thioether (sulfide) groups is 1. The van der Waals surface area contributed by atoms with Gasteiger partial charge >= 0.3 is 0 Å². The van der Waals surface area contributed by atoms with Gasteiger partial charge in [0.15, 0.2) is 0 Å². The lowest BCUT2D eigenvalue weighted by atomic mass is 10.2. The molecule has 22 heavy (non-hydrogen) atoms. The molecule has 0 N–H and O–H groups in total. The summed E-state index contributed by atoms with van der Waals surface area (Å²) in [5, 5.41) is 10.3. The zero-order chi connectivity index (χ0) is 15.5. The van der Waals surface area contributed by atoms with Crippen LogP contribution in [0, 0.1) is 0 Å². The Kier molecular flexibility index (Phi) is 4.93. The van der Waals surface area contributed by atoms with Gasteiger partial charge in [-0.15, -0.1) is 10.2 Å². The fraction of sp³-hybridized carbons (Fsp3) is 0.0667. The molecule has 3 rings (SSSR count). The summed E-state index contributed by atoms with van der Waals surface area (Å²) in [5.74, 6) is 1.13. The minimum Gasteiger partial charge on any atom is -0.411 e. The summed E-state index contributed by atoms with van der Waals surface area (Å²) in [6.07, 6.45) is 0. The summed E-state index contributed by atoms with van der Waals surface area (Å²) < 4.78 is 5.62. The van der Waals surface area contributed by atoms with Crippen molar-refractivity contribution in [3.8, 4) is 11.5 Å². The number of hydrogen-bond donors (Lipinski definition) is 0. The van der Waals surface area contributed by atoms with Crippen molar-refractivity contribution in [2.24, 2.45) is 0 Å². The molecule has 0 aliphatic heterocycles. The summed E-state index contributed by atoms with van der Waals surface area (Å²) in [7, 11) is 0. The standard InChI is InChI=1S/C15H9Cl3N2OS/c16-11-4-2-10(3-5-11)14-19-20-15(21-14)22-8-9-1-6-12(17)13(18)7-9/h1-7H,8H2. The smallest absolute Gasteiger partial charge is 0.277 e. The largest absolute Gasteiger partial charge is 0.411 e. The van der Waals surface area contributed by atoms with Crippen molar-refractivity contribution in [1.82, 2.24) is 10.2 Å². The molecule has 112 valence electrons. The summed E-state index contributed by atoms with van der Waals surface area (Å²) >= 11 is 19.2. The second kappa shape index (κ2) is 6.92. The van der Waals surface area contributed by atoms with Gasteiger partial charge in [-0.2, -0.15) is 0 Å². The molecule has 0 unspecified atom stereocenters. The molecule has 3 aromatic rings. The third-order valence-corrected chi connectivity index (χ3v) is 4.72. The fourth-order valence-electron chi connectivity index (χ4n) is 1.75. The van der Waals surface area contributed by atoms with Crippen LogP contribution in [-0.4, -0.2) is 10.2 Å². The van der Waals surface area contributed by atoms with Crippen molar-refractivity contribution in [3.63, 3.8) is 0 Å². The van der Waals surface area contributed by atoms with Crippen LogP contribution in [0.3, 0.4) is 0 Å². The highest BCUT2D eigenvalue weighted by molar-refractivity contribution is 7.98. The summed E-state index contributed by atoms with van der Waals surface area (Å²) in [4.78, 5) is 0. The Bertz CT molecular complexity index is 790. The predicted octanol–water partition coefficient (Wildman–Crippen LogP) is 5.99. The van der Waals surface area contributed by atoms with Gasteiger partial charge in [-0.05, 0) is 42.0 Å². The van der Waals surface area contributed by atoms with Crippen LogP contribution < -0.4 is 0 Å². The maximum Gasteiger partial charge on any atom is 0.277 e. The number of rotatable bonds is 4. The molecule has 3 nitrogen and oxygen atoms in total. The van der Waals surface area contributed by atoms with Gasteiger partial charge in [-0.25, -0.2) is 0 Å². The number of benzene rings is 2. The molecule has 2 aromatic carbocycles. The minimum absolute atomic E-state index is 0.466. The molecule has 0 atom stereocenters. The van der Waals surface area contributed by atoms with E-state index in [9.17, 15) is 0 Å². The normalized spacial score (nSPS) is 10.9. The van der Waals surface area contributed by atoms with Crippen LogP contribution in [0.15, 0.2) is 52.1 Å².